The molecule has 0 aliphatic carbocycles. The molecule has 0 radical (unpaired) electrons. The van der Waals surface area contributed by atoms with Crippen LogP contribution in [-0.4, -0.2) is 18.3 Å². The van der Waals surface area contributed by atoms with Crippen molar-refractivity contribution >= 4 is 0 Å². The van der Waals surface area contributed by atoms with E-state index in [0.29, 0.717) is 6.54 Å². The van der Waals surface area contributed by atoms with Crippen molar-refractivity contribution in [3.8, 4) is 5.75 Å². The van der Waals surface area contributed by atoms with E-state index in [9.17, 15) is 5.11 Å². The summed E-state index contributed by atoms with van der Waals surface area (Å²) in [5.74, 6) is 0.917. The fraction of sp³-hybridized carbons (Fsp3) is 0.538. The first-order valence-electron chi connectivity index (χ1n) is 5.80. The first-order chi connectivity index (χ1) is 7.69. The van der Waals surface area contributed by atoms with Gasteiger partial charge in [-0.3, -0.25) is 0 Å². The number of rotatable bonds is 6. The van der Waals surface area contributed by atoms with Crippen LogP contribution in [0.2, 0.25) is 0 Å². The highest BCUT2D eigenvalue weighted by Crippen LogP contribution is 2.23. The van der Waals surface area contributed by atoms with Gasteiger partial charge < -0.3 is 15.6 Å². The summed E-state index contributed by atoms with van der Waals surface area (Å²) in [5, 5.41) is 9.94. The number of hydrogen-bond donors (Lipinski definition) is 2. The zero-order valence-electron chi connectivity index (χ0n) is 10.0. The van der Waals surface area contributed by atoms with Crippen LogP contribution in [0.15, 0.2) is 24.3 Å². The molecule has 0 fully saturated rings. The van der Waals surface area contributed by atoms with Gasteiger partial charge in [0.15, 0.2) is 0 Å². The number of aliphatic hydroxyl groups is 1. The zero-order chi connectivity index (χ0) is 12.0. The van der Waals surface area contributed by atoms with Crippen molar-refractivity contribution < 1.29 is 9.84 Å². The van der Waals surface area contributed by atoms with E-state index >= 15 is 0 Å². The molecule has 0 spiro atoms. The maximum atomic E-state index is 9.94. The first-order valence-corrected chi connectivity index (χ1v) is 5.80. The fourth-order valence-corrected chi connectivity index (χ4v) is 1.44. The molecule has 3 heteroatoms. The molecule has 0 heterocycles. The average molecular weight is 223 g/mol. The summed E-state index contributed by atoms with van der Waals surface area (Å²) in [5.41, 5.74) is 6.41. The summed E-state index contributed by atoms with van der Waals surface area (Å²) in [6.07, 6.45) is 0.499. The Bertz CT molecular complexity index is 297. The second-order valence-electron chi connectivity index (χ2n) is 4.08. The third-order valence-corrected chi connectivity index (χ3v) is 2.61. The molecule has 90 valence electrons. The van der Waals surface area contributed by atoms with Gasteiger partial charge in [0.1, 0.15) is 5.75 Å². The van der Waals surface area contributed by atoms with Gasteiger partial charge in [0.05, 0.1) is 12.7 Å². The molecular weight excluding hydrogens is 202 g/mol. The summed E-state index contributed by atoms with van der Waals surface area (Å²) in [6.45, 7) is 5.21. The molecule has 1 rings (SSSR count). The summed E-state index contributed by atoms with van der Waals surface area (Å²) in [4.78, 5) is 0. The van der Waals surface area contributed by atoms with Crippen LogP contribution in [-0.2, 0) is 0 Å². The van der Waals surface area contributed by atoms with Crippen LogP contribution in [0.4, 0.5) is 0 Å². The Morgan fingerprint density at radius 1 is 1.31 bits per heavy atom. The molecular formula is C13H21NO2. The van der Waals surface area contributed by atoms with E-state index in [1.54, 1.807) is 0 Å². The molecule has 1 aromatic carbocycles. The van der Waals surface area contributed by atoms with E-state index in [-0.39, 0.29) is 5.92 Å². The van der Waals surface area contributed by atoms with E-state index in [4.69, 9.17) is 10.5 Å². The van der Waals surface area contributed by atoms with Gasteiger partial charge in [-0.2, -0.15) is 0 Å². The quantitative estimate of drug-likeness (QED) is 0.776. The van der Waals surface area contributed by atoms with Crippen molar-refractivity contribution in [2.24, 2.45) is 11.7 Å². The van der Waals surface area contributed by atoms with E-state index in [1.165, 1.54) is 0 Å². The van der Waals surface area contributed by atoms with E-state index in [0.717, 1.165) is 24.3 Å². The monoisotopic (exact) mass is 223 g/mol. The minimum Gasteiger partial charge on any atom is -0.494 e. The van der Waals surface area contributed by atoms with Gasteiger partial charge in [-0.05, 0) is 36.6 Å². The maximum Gasteiger partial charge on any atom is 0.119 e. The molecule has 3 N–H and O–H groups in total. The van der Waals surface area contributed by atoms with Crippen LogP contribution in [0, 0.1) is 5.92 Å². The molecule has 0 aliphatic rings. The van der Waals surface area contributed by atoms with E-state index in [2.05, 4.69) is 6.92 Å². The van der Waals surface area contributed by atoms with Crippen LogP contribution in [0.25, 0.3) is 0 Å². The number of hydrogen-bond acceptors (Lipinski definition) is 3. The average Bonchev–Trinajstić information content (AvgIpc) is 2.35. The van der Waals surface area contributed by atoms with Crippen molar-refractivity contribution in [3.05, 3.63) is 29.8 Å². The molecule has 0 aliphatic heterocycles. The highest BCUT2D eigenvalue weighted by molar-refractivity contribution is 5.28. The predicted octanol–water partition coefficient (Wildman–Crippen LogP) is 2.10. The van der Waals surface area contributed by atoms with Gasteiger partial charge >= 0.3 is 0 Å². The highest BCUT2D eigenvalue weighted by Gasteiger charge is 2.14. The molecule has 3 nitrogen and oxygen atoms in total. The highest BCUT2D eigenvalue weighted by atomic mass is 16.5. The zero-order valence-corrected chi connectivity index (χ0v) is 10.0. The number of benzene rings is 1. The first kappa shape index (κ1) is 13.0. The molecule has 1 aromatic rings. The maximum absolute atomic E-state index is 9.94. The molecule has 0 amide bonds. The van der Waals surface area contributed by atoms with Gasteiger partial charge in [0.2, 0.25) is 0 Å². The van der Waals surface area contributed by atoms with Crippen molar-refractivity contribution in [2.75, 3.05) is 13.2 Å². The fourth-order valence-electron chi connectivity index (χ4n) is 1.44. The largest absolute Gasteiger partial charge is 0.494 e. The lowest BCUT2D eigenvalue weighted by atomic mass is 9.98. The number of nitrogens with two attached hydrogens (primary N) is 1. The van der Waals surface area contributed by atoms with Crippen molar-refractivity contribution in [3.63, 3.8) is 0 Å². The Hall–Kier alpha value is -1.06. The molecule has 16 heavy (non-hydrogen) atoms. The molecule has 2 unspecified atom stereocenters. The van der Waals surface area contributed by atoms with Gasteiger partial charge in [0, 0.05) is 0 Å². The van der Waals surface area contributed by atoms with Crippen molar-refractivity contribution in [1.82, 2.24) is 0 Å². The van der Waals surface area contributed by atoms with Crippen molar-refractivity contribution in [2.45, 2.75) is 26.4 Å². The Kier molecular flexibility index (Phi) is 5.29. The second kappa shape index (κ2) is 6.51. The van der Waals surface area contributed by atoms with Crippen LogP contribution in [0.1, 0.15) is 31.9 Å². The third kappa shape index (κ3) is 3.51. The van der Waals surface area contributed by atoms with Crippen LogP contribution < -0.4 is 10.5 Å². The Labute approximate surface area is 97.2 Å². The van der Waals surface area contributed by atoms with Gasteiger partial charge in [-0.1, -0.05) is 26.0 Å². The second-order valence-corrected chi connectivity index (χ2v) is 4.08. The molecule has 0 saturated carbocycles. The lowest BCUT2D eigenvalue weighted by Gasteiger charge is -2.17. The SMILES string of the molecule is CCCOc1ccc(C(O)C(C)CN)cc1. The van der Waals surface area contributed by atoms with Crippen LogP contribution in [0.5, 0.6) is 5.75 Å². The minimum atomic E-state index is -0.495. The van der Waals surface area contributed by atoms with Gasteiger partial charge in [0.25, 0.3) is 0 Å². The lowest BCUT2D eigenvalue weighted by molar-refractivity contribution is 0.121. The summed E-state index contributed by atoms with van der Waals surface area (Å²) in [6, 6.07) is 7.55. The summed E-state index contributed by atoms with van der Waals surface area (Å²) in [7, 11) is 0. The predicted molar refractivity (Wildman–Crippen MR) is 65.4 cm³/mol. The van der Waals surface area contributed by atoms with E-state index in [1.807, 2.05) is 31.2 Å². The summed E-state index contributed by atoms with van der Waals surface area (Å²) >= 11 is 0. The molecule has 0 saturated heterocycles. The number of ether oxygens (including phenoxy) is 1. The molecule has 0 aromatic heterocycles. The lowest BCUT2D eigenvalue weighted by Crippen LogP contribution is -2.18. The van der Waals surface area contributed by atoms with E-state index < -0.39 is 6.10 Å². The van der Waals surface area contributed by atoms with Crippen LogP contribution in [0.3, 0.4) is 0 Å². The smallest absolute Gasteiger partial charge is 0.119 e. The number of aliphatic hydroxyl groups excluding tert-OH is 1. The topological polar surface area (TPSA) is 55.5 Å². The van der Waals surface area contributed by atoms with Gasteiger partial charge in [-0.25, -0.2) is 0 Å². The van der Waals surface area contributed by atoms with Crippen molar-refractivity contribution in [1.29, 1.82) is 0 Å². The molecule has 2 atom stereocenters. The standard InChI is InChI=1S/C13H21NO2/c1-3-8-16-12-6-4-11(5-7-12)13(15)10(2)9-14/h4-7,10,13,15H,3,8-9,14H2,1-2H3. The summed E-state index contributed by atoms with van der Waals surface area (Å²) < 4.78 is 5.47. The Morgan fingerprint density at radius 2 is 1.94 bits per heavy atom. The van der Waals surface area contributed by atoms with Crippen LogP contribution >= 0.6 is 0 Å². The Morgan fingerprint density at radius 3 is 2.44 bits per heavy atom. The Balaban J connectivity index is 2.63. The normalized spacial score (nSPS) is 14.5. The molecule has 0 bridgehead atoms. The van der Waals surface area contributed by atoms with Gasteiger partial charge in [-0.15, -0.1) is 0 Å². The minimum absolute atomic E-state index is 0.0717. The third-order valence-electron chi connectivity index (χ3n) is 2.61.